The van der Waals surface area contributed by atoms with Crippen molar-refractivity contribution in [1.29, 1.82) is 0 Å². The van der Waals surface area contributed by atoms with Crippen molar-refractivity contribution >= 4 is 15.7 Å². The van der Waals surface area contributed by atoms with E-state index in [4.69, 9.17) is 4.74 Å². The van der Waals surface area contributed by atoms with Gasteiger partial charge in [-0.05, 0) is 19.9 Å². The van der Waals surface area contributed by atoms with Crippen molar-refractivity contribution in [2.24, 2.45) is 0 Å². The van der Waals surface area contributed by atoms with Crippen molar-refractivity contribution in [1.82, 2.24) is 4.98 Å². The summed E-state index contributed by atoms with van der Waals surface area (Å²) in [5, 5.41) is 0. The zero-order valence-electron chi connectivity index (χ0n) is 8.94. The average Bonchev–Trinajstić information content (AvgIpc) is 2.21. The fraction of sp³-hybridized carbons (Fsp3) is 0.444. The number of aromatic nitrogens is 1. The molecule has 0 fully saturated rings. The van der Waals surface area contributed by atoms with Crippen LogP contribution < -0.4 is 9.46 Å². The van der Waals surface area contributed by atoms with Crippen molar-refractivity contribution in [3.8, 4) is 5.88 Å². The van der Waals surface area contributed by atoms with Gasteiger partial charge in [-0.2, -0.15) is 0 Å². The molecule has 0 aromatic carbocycles. The Hall–Kier alpha value is -1.30. The number of aryl methyl sites for hydroxylation is 1. The number of hydrogen-bond donors (Lipinski definition) is 1. The minimum Gasteiger partial charge on any atom is -0.481 e. The molecule has 0 aliphatic heterocycles. The first-order valence-corrected chi connectivity index (χ1v) is 6.16. The molecule has 0 aliphatic carbocycles. The molecule has 1 heterocycles. The fourth-order valence-corrected chi connectivity index (χ4v) is 1.69. The van der Waals surface area contributed by atoms with Crippen LogP contribution in [0.25, 0.3) is 0 Å². The minimum absolute atomic E-state index is 0.0401. The molecule has 6 heteroatoms. The third-order valence-electron chi connectivity index (χ3n) is 1.91. The summed E-state index contributed by atoms with van der Waals surface area (Å²) in [6.07, 6.45) is 0. The number of hydrogen-bond acceptors (Lipinski definition) is 4. The number of methoxy groups -OCH3 is 1. The van der Waals surface area contributed by atoms with Gasteiger partial charge < -0.3 is 4.74 Å². The molecule has 0 saturated heterocycles. The first-order chi connectivity index (χ1) is 6.98. The van der Waals surface area contributed by atoms with Crippen LogP contribution in [0.3, 0.4) is 0 Å². The zero-order chi connectivity index (χ0) is 11.5. The third kappa shape index (κ3) is 3.09. The van der Waals surface area contributed by atoms with Gasteiger partial charge in [0.1, 0.15) is 0 Å². The summed E-state index contributed by atoms with van der Waals surface area (Å²) in [5.41, 5.74) is 1.07. The Morgan fingerprint density at radius 3 is 2.60 bits per heavy atom. The lowest BCUT2D eigenvalue weighted by Crippen LogP contribution is -2.15. The van der Waals surface area contributed by atoms with Crippen LogP contribution in [0.15, 0.2) is 12.1 Å². The smallest absolute Gasteiger partial charge is 0.232 e. The maximum atomic E-state index is 11.3. The molecule has 0 unspecified atom stereocenters. The van der Waals surface area contributed by atoms with Gasteiger partial charge in [0.25, 0.3) is 0 Å². The molecule has 0 saturated carbocycles. The number of anilines is 1. The number of pyridine rings is 1. The van der Waals surface area contributed by atoms with Crippen molar-refractivity contribution in [3.05, 3.63) is 17.8 Å². The van der Waals surface area contributed by atoms with E-state index in [-0.39, 0.29) is 5.75 Å². The van der Waals surface area contributed by atoms with Crippen LogP contribution in [0.1, 0.15) is 12.6 Å². The Morgan fingerprint density at radius 1 is 1.47 bits per heavy atom. The lowest BCUT2D eigenvalue weighted by molar-refractivity contribution is 0.397. The quantitative estimate of drug-likeness (QED) is 0.842. The minimum atomic E-state index is -3.25. The van der Waals surface area contributed by atoms with Gasteiger partial charge in [-0.3, -0.25) is 4.72 Å². The van der Waals surface area contributed by atoms with E-state index in [1.807, 2.05) is 0 Å². The Labute approximate surface area is 89.5 Å². The lowest BCUT2D eigenvalue weighted by Gasteiger charge is -2.09. The number of nitrogens with one attached hydrogen (secondary N) is 1. The molecule has 0 aliphatic rings. The normalized spacial score (nSPS) is 11.1. The van der Waals surface area contributed by atoms with Crippen molar-refractivity contribution < 1.29 is 13.2 Å². The second kappa shape index (κ2) is 4.48. The van der Waals surface area contributed by atoms with E-state index in [1.54, 1.807) is 26.0 Å². The monoisotopic (exact) mass is 230 g/mol. The van der Waals surface area contributed by atoms with Gasteiger partial charge in [-0.15, -0.1) is 0 Å². The van der Waals surface area contributed by atoms with Gasteiger partial charge in [0, 0.05) is 6.07 Å². The topological polar surface area (TPSA) is 68.3 Å². The van der Waals surface area contributed by atoms with E-state index in [2.05, 4.69) is 9.71 Å². The summed E-state index contributed by atoms with van der Waals surface area (Å²) in [7, 11) is -1.73. The molecule has 0 amide bonds. The summed E-state index contributed by atoms with van der Waals surface area (Å²) in [5.74, 6) is 0.505. The molecule has 1 N–H and O–H groups in total. The molecular formula is C9H14N2O3S. The van der Waals surface area contributed by atoms with Crippen LogP contribution in [0, 0.1) is 6.92 Å². The molecule has 1 aromatic heterocycles. The first kappa shape index (κ1) is 11.8. The zero-order valence-corrected chi connectivity index (χ0v) is 9.76. The van der Waals surface area contributed by atoms with Gasteiger partial charge in [0.2, 0.25) is 15.9 Å². The van der Waals surface area contributed by atoms with Crippen LogP contribution in [0.4, 0.5) is 5.69 Å². The van der Waals surface area contributed by atoms with Crippen LogP contribution >= 0.6 is 0 Å². The van der Waals surface area contributed by atoms with Gasteiger partial charge >= 0.3 is 0 Å². The summed E-state index contributed by atoms with van der Waals surface area (Å²) < 4.78 is 30.0. The molecule has 0 radical (unpaired) electrons. The number of ether oxygens (including phenoxy) is 1. The van der Waals surface area contributed by atoms with Gasteiger partial charge in [0.05, 0.1) is 24.2 Å². The lowest BCUT2D eigenvalue weighted by atomic mass is 10.3. The van der Waals surface area contributed by atoms with Crippen molar-refractivity contribution in [2.45, 2.75) is 13.8 Å². The highest BCUT2D eigenvalue weighted by Gasteiger charge is 2.09. The highest BCUT2D eigenvalue weighted by atomic mass is 32.2. The second-order valence-electron chi connectivity index (χ2n) is 2.99. The first-order valence-electron chi connectivity index (χ1n) is 4.50. The molecule has 0 spiro atoms. The Morgan fingerprint density at radius 2 is 2.13 bits per heavy atom. The third-order valence-corrected chi connectivity index (χ3v) is 3.21. The number of sulfonamides is 1. The van der Waals surface area contributed by atoms with Crippen molar-refractivity contribution in [3.63, 3.8) is 0 Å². The predicted molar refractivity (Wildman–Crippen MR) is 58.6 cm³/mol. The average molecular weight is 230 g/mol. The molecule has 0 bridgehead atoms. The van der Waals surface area contributed by atoms with Crippen molar-refractivity contribution in [2.75, 3.05) is 17.6 Å². The molecule has 0 atom stereocenters. The van der Waals surface area contributed by atoms with Gasteiger partial charge in [0.15, 0.2) is 0 Å². The van der Waals surface area contributed by atoms with Gasteiger partial charge in [-0.1, -0.05) is 0 Å². The highest BCUT2D eigenvalue weighted by molar-refractivity contribution is 7.92. The Kier molecular flexibility index (Phi) is 3.52. The molecule has 84 valence electrons. The van der Waals surface area contributed by atoms with E-state index in [9.17, 15) is 8.42 Å². The molecule has 5 nitrogen and oxygen atoms in total. The Balaban J connectivity index is 2.97. The van der Waals surface area contributed by atoms with Crippen LogP contribution in [-0.4, -0.2) is 26.3 Å². The summed E-state index contributed by atoms with van der Waals surface area (Å²) in [4.78, 5) is 4.06. The fourth-order valence-electron chi connectivity index (χ4n) is 0.999. The summed E-state index contributed by atoms with van der Waals surface area (Å²) >= 11 is 0. The van der Waals surface area contributed by atoms with Crippen LogP contribution in [-0.2, 0) is 10.0 Å². The molecule has 1 aromatic rings. The van der Waals surface area contributed by atoms with E-state index < -0.39 is 10.0 Å². The predicted octanol–water partition coefficient (Wildman–Crippen LogP) is 1.16. The van der Waals surface area contributed by atoms with E-state index in [0.29, 0.717) is 17.3 Å². The molecule has 1 rings (SSSR count). The number of nitrogens with zero attached hydrogens (tertiary/aromatic N) is 1. The largest absolute Gasteiger partial charge is 0.481 e. The highest BCUT2D eigenvalue weighted by Crippen LogP contribution is 2.17. The van der Waals surface area contributed by atoms with Crippen LogP contribution in [0.5, 0.6) is 5.88 Å². The molecular weight excluding hydrogens is 216 g/mol. The SMILES string of the molecule is CCS(=O)(=O)Nc1ccc(OC)nc1C. The maximum absolute atomic E-state index is 11.3. The maximum Gasteiger partial charge on any atom is 0.232 e. The summed E-state index contributed by atoms with van der Waals surface area (Å²) in [6.45, 7) is 3.30. The number of rotatable bonds is 4. The van der Waals surface area contributed by atoms with E-state index in [1.165, 1.54) is 7.11 Å². The second-order valence-corrected chi connectivity index (χ2v) is 5.00. The summed E-state index contributed by atoms with van der Waals surface area (Å²) in [6, 6.07) is 3.24. The molecule has 15 heavy (non-hydrogen) atoms. The van der Waals surface area contributed by atoms with Crippen LogP contribution in [0.2, 0.25) is 0 Å². The van der Waals surface area contributed by atoms with E-state index in [0.717, 1.165) is 0 Å². The van der Waals surface area contributed by atoms with Gasteiger partial charge in [-0.25, -0.2) is 13.4 Å². The Bertz CT molecular complexity index is 443. The standard InChI is InChI=1S/C9H14N2O3S/c1-4-15(12,13)11-8-5-6-9(14-3)10-7(8)2/h5-6,11H,4H2,1-3H3. The van der Waals surface area contributed by atoms with E-state index >= 15 is 0 Å².